The van der Waals surface area contributed by atoms with E-state index < -0.39 is 0 Å². The van der Waals surface area contributed by atoms with Crippen LogP contribution in [-0.2, 0) is 11.2 Å². The maximum Gasteiger partial charge on any atom is 0.237 e. The zero-order valence-corrected chi connectivity index (χ0v) is 16.5. The molecule has 0 saturated carbocycles. The minimum Gasteiger partial charge on any atom is -0.497 e. The molecule has 5 nitrogen and oxygen atoms in total. The molecule has 0 fully saturated rings. The molecule has 1 aliphatic rings. The average molecular weight is 391 g/mol. The van der Waals surface area contributed by atoms with Gasteiger partial charge in [0, 0.05) is 24.0 Å². The summed E-state index contributed by atoms with van der Waals surface area (Å²) in [6, 6.07) is 17.7. The Kier molecular flexibility index (Phi) is 5.58. The van der Waals surface area contributed by atoms with Crippen LogP contribution in [-0.4, -0.2) is 35.3 Å². The van der Waals surface area contributed by atoms with Crippen LogP contribution in [0, 0.1) is 0 Å². The van der Waals surface area contributed by atoms with E-state index in [1.807, 2.05) is 53.4 Å². The lowest BCUT2D eigenvalue weighted by Crippen LogP contribution is -2.36. The molecule has 0 spiro atoms. The Bertz CT molecular complexity index is 976. The number of rotatable bonds is 5. The summed E-state index contributed by atoms with van der Waals surface area (Å²) in [5.41, 5.74) is 4.09. The SMILES string of the molecule is COc1ccc(-c2ccnc(SCC(=O)N3CCCc4ccccc43)n2)cc1. The normalized spacial score (nSPS) is 13.1. The number of para-hydroxylation sites is 1. The predicted molar refractivity (Wildman–Crippen MR) is 112 cm³/mol. The number of benzene rings is 2. The van der Waals surface area contributed by atoms with Gasteiger partial charge >= 0.3 is 0 Å². The molecular formula is C22H21N3O2S. The van der Waals surface area contributed by atoms with Crippen molar-refractivity contribution in [2.75, 3.05) is 24.3 Å². The Morgan fingerprint density at radius 2 is 1.96 bits per heavy atom. The third kappa shape index (κ3) is 4.02. The fraction of sp³-hybridized carbons (Fsp3) is 0.227. The summed E-state index contributed by atoms with van der Waals surface area (Å²) in [5.74, 6) is 1.22. The number of carbonyl (C=O) groups is 1. The molecule has 28 heavy (non-hydrogen) atoms. The van der Waals surface area contributed by atoms with Crippen molar-refractivity contribution in [3.63, 3.8) is 0 Å². The van der Waals surface area contributed by atoms with Gasteiger partial charge in [-0.1, -0.05) is 30.0 Å². The molecule has 0 bridgehead atoms. The monoisotopic (exact) mass is 391 g/mol. The van der Waals surface area contributed by atoms with Gasteiger partial charge in [-0.15, -0.1) is 0 Å². The highest BCUT2D eigenvalue weighted by molar-refractivity contribution is 7.99. The van der Waals surface area contributed by atoms with Gasteiger partial charge < -0.3 is 9.64 Å². The van der Waals surface area contributed by atoms with Crippen molar-refractivity contribution in [1.29, 1.82) is 0 Å². The van der Waals surface area contributed by atoms with E-state index in [0.29, 0.717) is 10.9 Å². The Morgan fingerprint density at radius 1 is 1.14 bits per heavy atom. The fourth-order valence-corrected chi connectivity index (χ4v) is 4.04. The van der Waals surface area contributed by atoms with Crippen LogP contribution in [0.5, 0.6) is 5.75 Å². The van der Waals surface area contributed by atoms with Crippen LogP contribution in [0.3, 0.4) is 0 Å². The maximum atomic E-state index is 12.8. The summed E-state index contributed by atoms with van der Waals surface area (Å²) >= 11 is 1.38. The maximum absolute atomic E-state index is 12.8. The molecule has 0 atom stereocenters. The molecule has 0 radical (unpaired) electrons. The molecule has 0 saturated heterocycles. The molecule has 3 aromatic rings. The molecule has 0 N–H and O–H groups in total. The first-order valence-electron chi connectivity index (χ1n) is 9.23. The first kappa shape index (κ1) is 18.5. The number of anilines is 1. The molecule has 0 unspecified atom stereocenters. The van der Waals surface area contributed by atoms with E-state index >= 15 is 0 Å². The van der Waals surface area contributed by atoms with Crippen LogP contribution in [0.25, 0.3) is 11.3 Å². The number of thioether (sulfide) groups is 1. The number of hydrogen-bond acceptors (Lipinski definition) is 5. The van der Waals surface area contributed by atoms with E-state index in [-0.39, 0.29) is 5.91 Å². The summed E-state index contributed by atoms with van der Waals surface area (Å²) in [6.07, 6.45) is 3.76. The number of aromatic nitrogens is 2. The number of amides is 1. The second-order valence-electron chi connectivity index (χ2n) is 6.52. The van der Waals surface area contributed by atoms with Gasteiger partial charge in [-0.3, -0.25) is 4.79 Å². The Morgan fingerprint density at radius 3 is 2.79 bits per heavy atom. The molecule has 6 heteroatoms. The molecule has 142 valence electrons. The van der Waals surface area contributed by atoms with E-state index in [9.17, 15) is 4.79 Å². The highest BCUT2D eigenvalue weighted by atomic mass is 32.2. The number of carbonyl (C=O) groups excluding carboxylic acids is 1. The number of fused-ring (bicyclic) bond motifs is 1. The molecular weight excluding hydrogens is 370 g/mol. The van der Waals surface area contributed by atoms with E-state index in [2.05, 4.69) is 16.0 Å². The molecule has 2 heterocycles. The van der Waals surface area contributed by atoms with Gasteiger partial charge in [0.25, 0.3) is 0 Å². The van der Waals surface area contributed by atoms with Crippen LogP contribution in [0.4, 0.5) is 5.69 Å². The van der Waals surface area contributed by atoms with Gasteiger partial charge in [0.05, 0.1) is 18.6 Å². The zero-order valence-electron chi connectivity index (χ0n) is 15.7. The van der Waals surface area contributed by atoms with Gasteiger partial charge in [0.2, 0.25) is 5.91 Å². The van der Waals surface area contributed by atoms with Crippen molar-refractivity contribution < 1.29 is 9.53 Å². The first-order chi connectivity index (χ1) is 13.7. The van der Waals surface area contributed by atoms with Gasteiger partial charge in [0.1, 0.15) is 5.75 Å². The minimum absolute atomic E-state index is 0.0931. The van der Waals surface area contributed by atoms with E-state index in [0.717, 1.165) is 42.1 Å². The predicted octanol–water partition coefficient (Wildman–Crippen LogP) is 4.22. The quantitative estimate of drug-likeness (QED) is 0.481. The highest BCUT2D eigenvalue weighted by Crippen LogP contribution is 2.28. The molecule has 1 aliphatic heterocycles. The third-order valence-corrected chi connectivity index (χ3v) is 5.60. The van der Waals surface area contributed by atoms with Crippen molar-refractivity contribution >= 4 is 23.4 Å². The average Bonchev–Trinajstić information content (AvgIpc) is 2.77. The molecule has 1 amide bonds. The van der Waals surface area contributed by atoms with Gasteiger partial charge in [0.15, 0.2) is 5.16 Å². The lowest BCUT2D eigenvalue weighted by Gasteiger charge is -2.29. The van der Waals surface area contributed by atoms with Crippen LogP contribution < -0.4 is 9.64 Å². The van der Waals surface area contributed by atoms with Gasteiger partial charge in [-0.05, 0) is 54.8 Å². The highest BCUT2D eigenvalue weighted by Gasteiger charge is 2.22. The number of aryl methyl sites for hydroxylation is 1. The van der Waals surface area contributed by atoms with Crippen molar-refractivity contribution in [2.45, 2.75) is 18.0 Å². The minimum atomic E-state index is 0.0931. The van der Waals surface area contributed by atoms with Crippen molar-refractivity contribution in [1.82, 2.24) is 9.97 Å². The van der Waals surface area contributed by atoms with Crippen LogP contribution in [0.1, 0.15) is 12.0 Å². The second-order valence-corrected chi connectivity index (χ2v) is 7.46. The van der Waals surface area contributed by atoms with Crippen LogP contribution in [0.2, 0.25) is 0 Å². The van der Waals surface area contributed by atoms with E-state index in [1.54, 1.807) is 13.3 Å². The molecule has 4 rings (SSSR count). The number of methoxy groups -OCH3 is 1. The Hall–Kier alpha value is -2.86. The lowest BCUT2D eigenvalue weighted by atomic mass is 10.0. The summed E-state index contributed by atoms with van der Waals surface area (Å²) in [6.45, 7) is 0.767. The summed E-state index contributed by atoms with van der Waals surface area (Å²) in [5, 5.41) is 0.604. The standard InChI is InChI=1S/C22H21N3O2S/c1-27-18-10-8-16(9-11-18)19-12-13-23-22(24-19)28-15-21(26)25-14-4-6-17-5-2-3-7-20(17)25/h2-3,5,7-13H,4,6,14-15H2,1H3. The number of ether oxygens (including phenoxy) is 1. The third-order valence-electron chi connectivity index (χ3n) is 4.76. The lowest BCUT2D eigenvalue weighted by molar-refractivity contribution is -0.116. The number of nitrogens with zero attached hydrogens (tertiary/aromatic N) is 3. The van der Waals surface area contributed by atoms with E-state index in [4.69, 9.17) is 4.74 Å². The van der Waals surface area contributed by atoms with Crippen molar-refractivity contribution in [3.05, 3.63) is 66.4 Å². The van der Waals surface area contributed by atoms with Crippen molar-refractivity contribution in [2.24, 2.45) is 0 Å². The summed E-state index contributed by atoms with van der Waals surface area (Å²) < 4.78 is 5.20. The largest absolute Gasteiger partial charge is 0.497 e. The Labute approximate surface area is 168 Å². The molecule has 0 aliphatic carbocycles. The fourth-order valence-electron chi connectivity index (χ4n) is 3.33. The molecule has 1 aromatic heterocycles. The Balaban J connectivity index is 1.45. The van der Waals surface area contributed by atoms with Gasteiger partial charge in [-0.2, -0.15) is 0 Å². The molecule has 2 aromatic carbocycles. The first-order valence-corrected chi connectivity index (χ1v) is 10.2. The second kappa shape index (κ2) is 8.44. The van der Waals surface area contributed by atoms with Crippen LogP contribution in [0.15, 0.2) is 66.0 Å². The van der Waals surface area contributed by atoms with Crippen molar-refractivity contribution in [3.8, 4) is 17.0 Å². The smallest absolute Gasteiger partial charge is 0.237 e. The van der Waals surface area contributed by atoms with E-state index in [1.165, 1.54) is 17.3 Å². The number of hydrogen-bond donors (Lipinski definition) is 0. The summed E-state index contributed by atoms with van der Waals surface area (Å²) in [7, 11) is 1.65. The van der Waals surface area contributed by atoms with Gasteiger partial charge in [-0.25, -0.2) is 9.97 Å². The summed E-state index contributed by atoms with van der Waals surface area (Å²) in [4.78, 5) is 23.6. The van der Waals surface area contributed by atoms with Crippen LogP contribution >= 0.6 is 11.8 Å². The zero-order chi connectivity index (χ0) is 19.3. The topological polar surface area (TPSA) is 55.3 Å².